The second-order valence-electron chi connectivity index (χ2n) is 8.39. The fourth-order valence-electron chi connectivity index (χ4n) is 4.48. The molecular formula is C23H30N6O2. The van der Waals surface area contributed by atoms with Crippen LogP contribution in [0.2, 0.25) is 0 Å². The zero-order chi connectivity index (χ0) is 21.5. The highest BCUT2D eigenvalue weighted by atomic mass is 16.2. The third kappa shape index (κ3) is 5.31. The van der Waals surface area contributed by atoms with E-state index in [1.165, 1.54) is 0 Å². The number of aromatic nitrogens is 2. The minimum absolute atomic E-state index is 0.0108. The van der Waals surface area contributed by atoms with Crippen LogP contribution >= 0.6 is 0 Å². The van der Waals surface area contributed by atoms with E-state index >= 15 is 0 Å². The average Bonchev–Trinajstić information content (AvgIpc) is 3.29. The number of carbonyl (C=O) groups is 2. The summed E-state index contributed by atoms with van der Waals surface area (Å²) in [5.74, 6) is 0.608. The van der Waals surface area contributed by atoms with Crippen molar-refractivity contribution in [1.82, 2.24) is 25.9 Å². The lowest BCUT2D eigenvalue weighted by Crippen LogP contribution is -2.62. The Balaban J connectivity index is 1.35. The Bertz CT molecular complexity index is 870. The Labute approximate surface area is 182 Å². The van der Waals surface area contributed by atoms with Gasteiger partial charge >= 0.3 is 6.03 Å². The van der Waals surface area contributed by atoms with Crippen molar-refractivity contribution < 1.29 is 9.59 Å². The predicted molar refractivity (Wildman–Crippen MR) is 118 cm³/mol. The van der Waals surface area contributed by atoms with Crippen molar-refractivity contribution >= 4 is 17.9 Å². The first-order valence-corrected chi connectivity index (χ1v) is 11.1. The van der Waals surface area contributed by atoms with E-state index in [1.54, 1.807) is 18.5 Å². The molecule has 0 spiro atoms. The van der Waals surface area contributed by atoms with E-state index in [0.717, 1.165) is 37.8 Å². The van der Waals surface area contributed by atoms with Crippen LogP contribution in [0.1, 0.15) is 44.1 Å². The molecule has 2 aromatic rings. The van der Waals surface area contributed by atoms with E-state index < -0.39 is 5.54 Å². The zero-order valence-corrected chi connectivity index (χ0v) is 17.7. The van der Waals surface area contributed by atoms with Crippen LogP contribution in [-0.4, -0.2) is 46.6 Å². The molecule has 1 aliphatic heterocycles. The number of nitrogens with one attached hydrogen (secondary N) is 3. The fourth-order valence-corrected chi connectivity index (χ4v) is 4.48. The molecule has 1 aliphatic carbocycles. The highest BCUT2D eigenvalue weighted by molar-refractivity contribution is 5.91. The maximum Gasteiger partial charge on any atom is 0.315 e. The fraction of sp³-hybridized carbons (Fsp3) is 0.478. The van der Waals surface area contributed by atoms with Crippen molar-refractivity contribution in [2.45, 2.75) is 56.7 Å². The summed E-state index contributed by atoms with van der Waals surface area (Å²) in [4.78, 5) is 36.6. The summed E-state index contributed by atoms with van der Waals surface area (Å²) in [5.41, 5.74) is 0.180. The van der Waals surface area contributed by atoms with Crippen LogP contribution < -0.4 is 20.9 Å². The van der Waals surface area contributed by atoms with Gasteiger partial charge < -0.3 is 20.9 Å². The summed E-state index contributed by atoms with van der Waals surface area (Å²) in [7, 11) is 0. The maximum atomic E-state index is 13.3. The normalized spacial score (nSPS) is 20.1. The number of anilines is 1. The van der Waals surface area contributed by atoms with Crippen LogP contribution in [0.3, 0.4) is 0 Å². The molecule has 1 aromatic carbocycles. The number of hydrogen-bond acceptors (Lipinski definition) is 5. The van der Waals surface area contributed by atoms with Crippen molar-refractivity contribution in [3.05, 3.63) is 54.4 Å². The van der Waals surface area contributed by atoms with E-state index in [1.807, 2.05) is 30.3 Å². The first kappa shape index (κ1) is 21.1. The third-order valence-electron chi connectivity index (χ3n) is 6.13. The summed E-state index contributed by atoms with van der Waals surface area (Å²) in [5, 5.41) is 9.08. The van der Waals surface area contributed by atoms with Gasteiger partial charge in [-0.05, 0) is 37.3 Å². The molecule has 3 N–H and O–H groups in total. The summed E-state index contributed by atoms with van der Waals surface area (Å²) < 4.78 is 0. The number of nitrogens with zero attached hydrogens (tertiary/aromatic N) is 3. The summed E-state index contributed by atoms with van der Waals surface area (Å²) in [6, 6.07) is 11.3. The Morgan fingerprint density at radius 1 is 1.03 bits per heavy atom. The van der Waals surface area contributed by atoms with Gasteiger partial charge in [-0.15, -0.1) is 0 Å². The van der Waals surface area contributed by atoms with Gasteiger partial charge in [0.2, 0.25) is 11.9 Å². The van der Waals surface area contributed by atoms with E-state index in [-0.39, 0.29) is 18.0 Å². The molecule has 8 heteroatoms. The second-order valence-corrected chi connectivity index (χ2v) is 8.39. The van der Waals surface area contributed by atoms with E-state index in [0.29, 0.717) is 31.9 Å². The molecule has 1 unspecified atom stereocenters. The SMILES string of the molecule is O=C(NCc1ccccc1)NC1(C(=O)NC2CCCN(c3ncccn3)C2)CCCC1. The molecule has 2 aliphatic rings. The van der Waals surface area contributed by atoms with Crippen LogP contribution in [-0.2, 0) is 11.3 Å². The Kier molecular flexibility index (Phi) is 6.64. The molecular weight excluding hydrogens is 392 g/mol. The number of urea groups is 1. The molecule has 31 heavy (non-hydrogen) atoms. The van der Waals surface area contributed by atoms with Crippen molar-refractivity contribution in [1.29, 1.82) is 0 Å². The molecule has 0 radical (unpaired) electrons. The first-order valence-electron chi connectivity index (χ1n) is 11.1. The average molecular weight is 423 g/mol. The van der Waals surface area contributed by atoms with Crippen molar-refractivity contribution in [3.63, 3.8) is 0 Å². The van der Waals surface area contributed by atoms with Gasteiger partial charge in [-0.3, -0.25) is 4.79 Å². The van der Waals surface area contributed by atoms with Crippen LogP contribution in [0.15, 0.2) is 48.8 Å². The van der Waals surface area contributed by atoms with Gasteiger partial charge in [0.1, 0.15) is 5.54 Å². The maximum absolute atomic E-state index is 13.3. The lowest BCUT2D eigenvalue weighted by atomic mass is 9.95. The summed E-state index contributed by atoms with van der Waals surface area (Å²) in [6.07, 6.45) is 8.52. The third-order valence-corrected chi connectivity index (χ3v) is 6.13. The van der Waals surface area contributed by atoms with Gasteiger partial charge in [-0.25, -0.2) is 14.8 Å². The van der Waals surface area contributed by atoms with E-state index in [9.17, 15) is 9.59 Å². The lowest BCUT2D eigenvalue weighted by Gasteiger charge is -2.36. The smallest absolute Gasteiger partial charge is 0.315 e. The van der Waals surface area contributed by atoms with Crippen molar-refractivity contribution in [3.8, 4) is 0 Å². The topological polar surface area (TPSA) is 99.2 Å². The summed E-state index contributed by atoms with van der Waals surface area (Å²) in [6.45, 7) is 1.98. The molecule has 1 saturated carbocycles. The predicted octanol–water partition coefficient (Wildman–Crippen LogP) is 2.37. The number of amides is 3. The molecule has 0 bridgehead atoms. The highest BCUT2D eigenvalue weighted by Gasteiger charge is 2.43. The van der Waals surface area contributed by atoms with Crippen molar-refractivity contribution in [2.24, 2.45) is 0 Å². The number of carbonyl (C=O) groups excluding carboxylic acids is 2. The van der Waals surface area contributed by atoms with Crippen molar-refractivity contribution in [2.75, 3.05) is 18.0 Å². The molecule has 164 valence electrons. The minimum Gasteiger partial charge on any atom is -0.350 e. The Morgan fingerprint density at radius 3 is 2.52 bits per heavy atom. The van der Waals surface area contributed by atoms with Gasteiger partial charge in [-0.1, -0.05) is 43.2 Å². The van der Waals surface area contributed by atoms with E-state index in [4.69, 9.17) is 0 Å². The van der Waals surface area contributed by atoms with Gasteiger partial charge in [0.05, 0.1) is 0 Å². The molecule has 4 rings (SSSR count). The molecule has 1 atom stereocenters. The molecule has 2 fully saturated rings. The van der Waals surface area contributed by atoms with Gasteiger partial charge in [0.25, 0.3) is 0 Å². The van der Waals surface area contributed by atoms with E-state index in [2.05, 4.69) is 30.8 Å². The summed E-state index contributed by atoms with van der Waals surface area (Å²) >= 11 is 0. The zero-order valence-electron chi connectivity index (χ0n) is 17.7. The largest absolute Gasteiger partial charge is 0.350 e. The number of piperidine rings is 1. The Hall–Kier alpha value is -3.16. The monoisotopic (exact) mass is 422 g/mol. The second kappa shape index (κ2) is 9.76. The standard InChI is InChI=1S/C23H30N6O2/c30-20(27-19-10-6-15-29(17-19)21-24-13-7-14-25-21)23(11-4-5-12-23)28-22(31)26-16-18-8-2-1-3-9-18/h1-3,7-9,13-14,19H,4-6,10-12,15-17H2,(H,27,30)(H2,26,28,31). The molecule has 3 amide bonds. The first-order chi connectivity index (χ1) is 15.1. The van der Waals surface area contributed by atoms with Crippen LogP contribution in [0.25, 0.3) is 0 Å². The quantitative estimate of drug-likeness (QED) is 0.664. The van der Waals surface area contributed by atoms with Crippen LogP contribution in [0.4, 0.5) is 10.7 Å². The number of hydrogen-bond donors (Lipinski definition) is 3. The molecule has 2 heterocycles. The minimum atomic E-state index is -0.841. The van der Waals surface area contributed by atoms with Crippen LogP contribution in [0.5, 0.6) is 0 Å². The number of rotatable bonds is 6. The number of benzene rings is 1. The molecule has 1 aromatic heterocycles. The molecule has 1 saturated heterocycles. The Morgan fingerprint density at radius 2 is 1.77 bits per heavy atom. The molecule has 8 nitrogen and oxygen atoms in total. The lowest BCUT2D eigenvalue weighted by molar-refractivity contribution is -0.127. The highest BCUT2D eigenvalue weighted by Crippen LogP contribution is 2.30. The van der Waals surface area contributed by atoms with Gasteiger partial charge in [0, 0.05) is 38.1 Å². The van der Waals surface area contributed by atoms with Gasteiger partial charge in [-0.2, -0.15) is 0 Å². The van der Waals surface area contributed by atoms with Gasteiger partial charge in [0.15, 0.2) is 0 Å². The van der Waals surface area contributed by atoms with Crippen LogP contribution in [0, 0.1) is 0 Å².